The van der Waals surface area contributed by atoms with Crippen molar-refractivity contribution >= 4 is 11.9 Å². The first-order valence-corrected chi connectivity index (χ1v) is 7.67. The molecule has 2 atom stereocenters. The number of nitrogens with one attached hydrogen (secondary N) is 1. The van der Waals surface area contributed by atoms with Gasteiger partial charge in [0.1, 0.15) is 0 Å². The quantitative estimate of drug-likeness (QED) is 0.781. The molecule has 0 aromatic carbocycles. The van der Waals surface area contributed by atoms with E-state index in [1.807, 2.05) is 13.8 Å². The van der Waals surface area contributed by atoms with Crippen molar-refractivity contribution in [3.8, 4) is 0 Å². The highest BCUT2D eigenvalue weighted by atomic mass is 16.4. The number of carboxylic acid groups (broad SMARTS) is 1. The zero-order valence-corrected chi connectivity index (χ0v) is 12.4. The first-order valence-electron chi connectivity index (χ1n) is 7.67. The number of allylic oxidation sites excluding steroid dienone is 2. The normalized spacial score (nSPS) is 28.3. The Labute approximate surface area is 120 Å². The molecule has 0 aliphatic heterocycles. The standard InChI is InChI=1S/C16H25NO3/c1-10-8-13(14(16(19)20)9-11(10)2)15(18)17-12-6-4-3-5-7-12/h12-14H,3-9H2,1-2H3,(H,17,18)(H,19,20)/t13-,14-/m0/s1. The molecule has 0 saturated heterocycles. The minimum atomic E-state index is -0.847. The minimum Gasteiger partial charge on any atom is -0.481 e. The summed E-state index contributed by atoms with van der Waals surface area (Å²) in [5, 5.41) is 12.4. The third-order valence-electron chi connectivity index (χ3n) is 4.87. The number of amides is 1. The lowest BCUT2D eigenvalue weighted by Crippen LogP contribution is -2.44. The molecule has 4 nitrogen and oxygen atoms in total. The Morgan fingerprint density at radius 2 is 1.55 bits per heavy atom. The van der Waals surface area contributed by atoms with E-state index in [1.54, 1.807) is 0 Å². The lowest BCUT2D eigenvalue weighted by atomic mass is 9.76. The lowest BCUT2D eigenvalue weighted by molar-refractivity contribution is -0.147. The fourth-order valence-electron chi connectivity index (χ4n) is 3.38. The van der Waals surface area contributed by atoms with E-state index < -0.39 is 17.8 Å². The Balaban J connectivity index is 2.04. The van der Waals surface area contributed by atoms with Crippen molar-refractivity contribution in [2.24, 2.45) is 11.8 Å². The van der Waals surface area contributed by atoms with E-state index in [0.29, 0.717) is 12.8 Å². The maximum Gasteiger partial charge on any atom is 0.307 e. The van der Waals surface area contributed by atoms with Crippen LogP contribution < -0.4 is 5.32 Å². The van der Waals surface area contributed by atoms with Gasteiger partial charge in [0, 0.05) is 6.04 Å². The van der Waals surface area contributed by atoms with Crippen molar-refractivity contribution in [3.63, 3.8) is 0 Å². The van der Waals surface area contributed by atoms with Crippen LogP contribution in [0.4, 0.5) is 0 Å². The largest absolute Gasteiger partial charge is 0.481 e. The summed E-state index contributed by atoms with van der Waals surface area (Å²) in [7, 11) is 0. The molecule has 0 heterocycles. The SMILES string of the molecule is CC1=C(C)C[C@H](C(=O)NC2CCCCC2)[C@@H](C(=O)O)C1. The van der Waals surface area contributed by atoms with E-state index in [2.05, 4.69) is 5.32 Å². The summed E-state index contributed by atoms with van der Waals surface area (Å²) >= 11 is 0. The molecule has 0 bridgehead atoms. The summed E-state index contributed by atoms with van der Waals surface area (Å²) in [6.45, 7) is 3.98. The van der Waals surface area contributed by atoms with Crippen LogP contribution in [-0.2, 0) is 9.59 Å². The number of carbonyl (C=O) groups is 2. The summed E-state index contributed by atoms with van der Waals surface area (Å²) in [4.78, 5) is 23.8. The van der Waals surface area contributed by atoms with Gasteiger partial charge in [-0.05, 0) is 39.5 Å². The smallest absolute Gasteiger partial charge is 0.307 e. The molecule has 1 fully saturated rings. The van der Waals surface area contributed by atoms with Crippen LogP contribution in [0.15, 0.2) is 11.1 Å². The van der Waals surface area contributed by atoms with E-state index >= 15 is 0 Å². The van der Waals surface area contributed by atoms with Crippen LogP contribution in [0.2, 0.25) is 0 Å². The Hall–Kier alpha value is -1.32. The number of hydrogen-bond donors (Lipinski definition) is 2. The fourth-order valence-corrected chi connectivity index (χ4v) is 3.38. The molecular formula is C16H25NO3. The van der Waals surface area contributed by atoms with Gasteiger partial charge in [-0.2, -0.15) is 0 Å². The molecule has 0 spiro atoms. The second kappa shape index (κ2) is 6.42. The topological polar surface area (TPSA) is 66.4 Å². The van der Waals surface area contributed by atoms with Gasteiger partial charge in [0.15, 0.2) is 0 Å². The minimum absolute atomic E-state index is 0.0591. The van der Waals surface area contributed by atoms with Crippen LogP contribution in [0.5, 0.6) is 0 Å². The van der Waals surface area contributed by atoms with Crippen LogP contribution in [0.25, 0.3) is 0 Å². The highest BCUT2D eigenvalue weighted by Crippen LogP contribution is 2.34. The highest BCUT2D eigenvalue weighted by molar-refractivity contribution is 5.85. The lowest BCUT2D eigenvalue weighted by Gasteiger charge is -2.31. The summed E-state index contributed by atoms with van der Waals surface area (Å²) in [6.07, 6.45) is 6.72. The first-order chi connectivity index (χ1) is 9.49. The van der Waals surface area contributed by atoms with Gasteiger partial charge in [-0.3, -0.25) is 9.59 Å². The molecule has 2 rings (SSSR count). The zero-order chi connectivity index (χ0) is 14.7. The van der Waals surface area contributed by atoms with E-state index in [1.165, 1.54) is 12.0 Å². The average molecular weight is 279 g/mol. The Kier molecular flexibility index (Phi) is 4.84. The van der Waals surface area contributed by atoms with Crippen LogP contribution in [-0.4, -0.2) is 23.0 Å². The molecule has 2 N–H and O–H groups in total. The van der Waals surface area contributed by atoms with Crippen LogP contribution >= 0.6 is 0 Å². The predicted molar refractivity (Wildman–Crippen MR) is 77.2 cm³/mol. The molecule has 20 heavy (non-hydrogen) atoms. The van der Waals surface area contributed by atoms with Crippen LogP contribution in [0.1, 0.15) is 58.8 Å². The Morgan fingerprint density at radius 1 is 1.00 bits per heavy atom. The maximum absolute atomic E-state index is 12.4. The van der Waals surface area contributed by atoms with Gasteiger partial charge < -0.3 is 10.4 Å². The van der Waals surface area contributed by atoms with E-state index in [-0.39, 0.29) is 11.9 Å². The van der Waals surface area contributed by atoms with Gasteiger partial charge in [-0.15, -0.1) is 0 Å². The maximum atomic E-state index is 12.4. The second-order valence-electron chi connectivity index (χ2n) is 6.36. The molecule has 0 aromatic heterocycles. The molecule has 1 saturated carbocycles. The van der Waals surface area contributed by atoms with E-state index in [4.69, 9.17) is 0 Å². The van der Waals surface area contributed by atoms with Gasteiger partial charge in [-0.25, -0.2) is 0 Å². The third-order valence-corrected chi connectivity index (χ3v) is 4.87. The first kappa shape index (κ1) is 15.1. The van der Waals surface area contributed by atoms with Gasteiger partial charge in [0.2, 0.25) is 5.91 Å². The molecule has 0 aromatic rings. The summed E-state index contributed by atoms with van der Waals surface area (Å²) < 4.78 is 0. The fraction of sp³-hybridized carbons (Fsp3) is 0.750. The van der Waals surface area contributed by atoms with E-state index in [0.717, 1.165) is 31.3 Å². The van der Waals surface area contributed by atoms with Crippen LogP contribution in [0.3, 0.4) is 0 Å². The molecular weight excluding hydrogens is 254 g/mol. The van der Waals surface area contributed by atoms with Crippen molar-refractivity contribution in [3.05, 3.63) is 11.1 Å². The number of rotatable bonds is 3. The van der Waals surface area contributed by atoms with Gasteiger partial charge >= 0.3 is 5.97 Å². The van der Waals surface area contributed by atoms with Crippen molar-refractivity contribution in [2.45, 2.75) is 64.8 Å². The molecule has 2 aliphatic rings. The van der Waals surface area contributed by atoms with Crippen molar-refractivity contribution in [1.29, 1.82) is 0 Å². The second-order valence-corrected chi connectivity index (χ2v) is 6.36. The van der Waals surface area contributed by atoms with Crippen molar-refractivity contribution in [1.82, 2.24) is 5.32 Å². The number of carboxylic acids is 1. The zero-order valence-electron chi connectivity index (χ0n) is 12.4. The number of hydrogen-bond acceptors (Lipinski definition) is 2. The van der Waals surface area contributed by atoms with Gasteiger partial charge in [-0.1, -0.05) is 30.4 Å². The van der Waals surface area contributed by atoms with Gasteiger partial charge in [0.05, 0.1) is 11.8 Å². The summed E-state index contributed by atoms with van der Waals surface area (Å²) in [5.74, 6) is -1.88. The van der Waals surface area contributed by atoms with Gasteiger partial charge in [0.25, 0.3) is 0 Å². The molecule has 4 heteroatoms. The molecule has 112 valence electrons. The summed E-state index contributed by atoms with van der Waals surface area (Å²) in [5.41, 5.74) is 2.30. The third kappa shape index (κ3) is 3.41. The predicted octanol–water partition coefficient (Wildman–Crippen LogP) is 2.88. The molecule has 0 unspecified atom stereocenters. The number of aliphatic carboxylic acids is 1. The highest BCUT2D eigenvalue weighted by Gasteiger charge is 2.37. The van der Waals surface area contributed by atoms with Crippen molar-refractivity contribution < 1.29 is 14.7 Å². The Morgan fingerprint density at radius 3 is 2.10 bits per heavy atom. The molecule has 1 amide bonds. The van der Waals surface area contributed by atoms with Crippen molar-refractivity contribution in [2.75, 3.05) is 0 Å². The molecule has 0 radical (unpaired) electrons. The van der Waals surface area contributed by atoms with Crippen LogP contribution in [0, 0.1) is 11.8 Å². The average Bonchev–Trinajstić information content (AvgIpc) is 2.42. The Bertz CT molecular complexity index is 421. The summed E-state index contributed by atoms with van der Waals surface area (Å²) in [6, 6.07) is 0.248. The monoisotopic (exact) mass is 279 g/mol. The number of carbonyl (C=O) groups excluding carboxylic acids is 1. The van der Waals surface area contributed by atoms with E-state index in [9.17, 15) is 14.7 Å². The molecule has 2 aliphatic carbocycles.